The van der Waals surface area contributed by atoms with E-state index in [0.29, 0.717) is 5.92 Å². The first-order chi connectivity index (χ1) is 9.24. The van der Waals surface area contributed by atoms with Gasteiger partial charge in [0.05, 0.1) is 5.92 Å². The zero-order valence-electron chi connectivity index (χ0n) is 11.2. The molecule has 2 aliphatic rings. The Labute approximate surface area is 114 Å². The molecule has 2 N–H and O–H groups in total. The molecule has 1 fully saturated rings. The summed E-state index contributed by atoms with van der Waals surface area (Å²) in [6.07, 6.45) is 5.92. The molecule has 2 atom stereocenters. The van der Waals surface area contributed by atoms with Gasteiger partial charge in [-0.05, 0) is 61.3 Å². The van der Waals surface area contributed by atoms with Gasteiger partial charge >= 0.3 is 5.97 Å². The number of nitrogens with one attached hydrogen (secondary N) is 1. The summed E-state index contributed by atoms with van der Waals surface area (Å²) in [6, 6.07) is 6.80. The summed E-state index contributed by atoms with van der Waals surface area (Å²) < 4.78 is 0. The summed E-state index contributed by atoms with van der Waals surface area (Å²) in [5.74, 6) is -0.397. The molecule has 3 rings (SSSR count). The smallest absolute Gasteiger partial charge is 0.306 e. The summed E-state index contributed by atoms with van der Waals surface area (Å²) in [4.78, 5) is 10.7. The monoisotopic (exact) mass is 259 g/mol. The Balaban J connectivity index is 1.49. The second kappa shape index (κ2) is 5.33. The van der Waals surface area contributed by atoms with Crippen LogP contribution in [-0.2, 0) is 24.2 Å². The van der Waals surface area contributed by atoms with Gasteiger partial charge in [-0.15, -0.1) is 0 Å². The predicted octanol–water partition coefficient (Wildman–Crippen LogP) is 2.38. The molecule has 0 radical (unpaired) electrons. The lowest BCUT2D eigenvalue weighted by Gasteiger charge is -2.16. The molecule has 2 unspecified atom stereocenters. The highest BCUT2D eigenvalue weighted by molar-refractivity contribution is 5.73. The normalized spacial score (nSPS) is 24.8. The van der Waals surface area contributed by atoms with Crippen molar-refractivity contribution >= 4 is 5.97 Å². The summed E-state index contributed by atoms with van der Waals surface area (Å²) in [5, 5.41) is 12.2. The molecule has 0 heterocycles. The van der Waals surface area contributed by atoms with Crippen LogP contribution in [0.5, 0.6) is 0 Å². The Morgan fingerprint density at radius 2 is 2.05 bits per heavy atom. The lowest BCUT2D eigenvalue weighted by atomic mass is 9.90. The average Bonchev–Trinajstić information content (AvgIpc) is 3.18. The van der Waals surface area contributed by atoms with Crippen molar-refractivity contribution in [3.8, 4) is 0 Å². The van der Waals surface area contributed by atoms with Crippen LogP contribution in [0.25, 0.3) is 0 Å². The molecule has 19 heavy (non-hydrogen) atoms. The van der Waals surface area contributed by atoms with Crippen molar-refractivity contribution in [1.29, 1.82) is 0 Å². The summed E-state index contributed by atoms with van der Waals surface area (Å²) >= 11 is 0. The van der Waals surface area contributed by atoms with E-state index in [1.54, 1.807) is 0 Å². The van der Waals surface area contributed by atoms with Crippen LogP contribution in [0.1, 0.15) is 36.0 Å². The lowest BCUT2D eigenvalue weighted by Crippen LogP contribution is -2.18. The van der Waals surface area contributed by atoms with Crippen LogP contribution in [0.15, 0.2) is 18.2 Å². The molecule has 0 aliphatic heterocycles. The van der Waals surface area contributed by atoms with Crippen LogP contribution in [0.4, 0.5) is 0 Å². The molecule has 0 bridgehead atoms. The SMILES string of the molecule is O=C(O)C1CC1CNCc1ccc2c(c1)CCCC2. The largest absolute Gasteiger partial charge is 0.481 e. The Morgan fingerprint density at radius 3 is 2.79 bits per heavy atom. The third-order valence-corrected chi connectivity index (χ3v) is 4.39. The number of hydrogen-bond donors (Lipinski definition) is 2. The van der Waals surface area contributed by atoms with E-state index in [2.05, 4.69) is 23.5 Å². The Morgan fingerprint density at radius 1 is 1.26 bits per heavy atom. The molecule has 1 saturated carbocycles. The minimum atomic E-state index is -0.638. The number of fused-ring (bicyclic) bond motifs is 1. The lowest BCUT2D eigenvalue weighted by molar-refractivity contribution is -0.138. The number of carboxylic acid groups (broad SMARTS) is 1. The van der Waals surface area contributed by atoms with E-state index < -0.39 is 5.97 Å². The molecular formula is C16H21NO2. The second-order valence-electron chi connectivity index (χ2n) is 5.88. The summed E-state index contributed by atoms with van der Waals surface area (Å²) in [7, 11) is 0. The van der Waals surface area contributed by atoms with Gasteiger partial charge in [-0.1, -0.05) is 18.2 Å². The van der Waals surface area contributed by atoms with Gasteiger partial charge < -0.3 is 10.4 Å². The highest BCUT2D eigenvalue weighted by Crippen LogP contribution is 2.37. The van der Waals surface area contributed by atoms with Gasteiger partial charge in [0, 0.05) is 6.54 Å². The van der Waals surface area contributed by atoms with Gasteiger partial charge in [0.2, 0.25) is 0 Å². The van der Waals surface area contributed by atoms with Gasteiger partial charge in [-0.3, -0.25) is 4.79 Å². The van der Waals surface area contributed by atoms with Gasteiger partial charge in [0.25, 0.3) is 0 Å². The molecule has 1 aromatic rings. The number of carbonyl (C=O) groups is 1. The van der Waals surface area contributed by atoms with Gasteiger partial charge in [0.15, 0.2) is 0 Å². The quantitative estimate of drug-likeness (QED) is 0.853. The maximum Gasteiger partial charge on any atom is 0.306 e. The van der Waals surface area contributed by atoms with E-state index in [1.165, 1.54) is 42.4 Å². The first kappa shape index (κ1) is 12.7. The first-order valence-electron chi connectivity index (χ1n) is 7.28. The zero-order valence-corrected chi connectivity index (χ0v) is 11.2. The summed E-state index contributed by atoms with van der Waals surface area (Å²) in [5.41, 5.74) is 4.36. The molecule has 102 valence electrons. The van der Waals surface area contributed by atoms with E-state index >= 15 is 0 Å². The van der Waals surface area contributed by atoms with Gasteiger partial charge in [0.1, 0.15) is 0 Å². The predicted molar refractivity (Wildman–Crippen MR) is 74.0 cm³/mol. The van der Waals surface area contributed by atoms with Crippen molar-refractivity contribution in [2.75, 3.05) is 6.54 Å². The van der Waals surface area contributed by atoms with Gasteiger partial charge in [-0.2, -0.15) is 0 Å². The van der Waals surface area contributed by atoms with E-state index in [-0.39, 0.29) is 5.92 Å². The van der Waals surface area contributed by atoms with Crippen molar-refractivity contribution in [2.24, 2.45) is 11.8 Å². The Bertz CT molecular complexity index is 484. The van der Waals surface area contributed by atoms with Gasteiger partial charge in [-0.25, -0.2) is 0 Å². The fourth-order valence-corrected chi connectivity index (χ4v) is 3.07. The van der Waals surface area contributed by atoms with Crippen LogP contribution in [0.2, 0.25) is 0 Å². The number of aryl methyl sites for hydroxylation is 2. The second-order valence-corrected chi connectivity index (χ2v) is 5.88. The minimum Gasteiger partial charge on any atom is -0.481 e. The molecule has 0 saturated heterocycles. The van der Waals surface area contributed by atoms with Crippen LogP contribution in [-0.4, -0.2) is 17.6 Å². The van der Waals surface area contributed by atoms with E-state index in [0.717, 1.165) is 19.5 Å². The molecule has 3 nitrogen and oxygen atoms in total. The minimum absolute atomic E-state index is 0.101. The van der Waals surface area contributed by atoms with Crippen LogP contribution in [0.3, 0.4) is 0 Å². The van der Waals surface area contributed by atoms with Crippen molar-refractivity contribution in [1.82, 2.24) is 5.32 Å². The number of benzene rings is 1. The van der Waals surface area contributed by atoms with Crippen molar-refractivity contribution in [3.05, 3.63) is 34.9 Å². The number of carboxylic acids is 1. The zero-order chi connectivity index (χ0) is 13.2. The first-order valence-corrected chi connectivity index (χ1v) is 7.28. The molecular weight excluding hydrogens is 238 g/mol. The van der Waals surface area contributed by atoms with Crippen LogP contribution in [0, 0.1) is 11.8 Å². The van der Waals surface area contributed by atoms with Crippen LogP contribution >= 0.6 is 0 Å². The molecule has 2 aliphatic carbocycles. The van der Waals surface area contributed by atoms with E-state index in [4.69, 9.17) is 5.11 Å². The maximum absolute atomic E-state index is 10.7. The Kier molecular flexibility index (Phi) is 3.56. The maximum atomic E-state index is 10.7. The highest BCUT2D eigenvalue weighted by atomic mass is 16.4. The third kappa shape index (κ3) is 2.98. The number of rotatable bonds is 5. The topological polar surface area (TPSA) is 49.3 Å². The standard InChI is InChI=1S/C16H21NO2/c18-16(19)15-8-14(15)10-17-9-11-5-6-12-3-1-2-4-13(12)7-11/h5-7,14-15,17H,1-4,8-10H2,(H,18,19). The molecule has 3 heteroatoms. The van der Waals surface area contributed by atoms with Crippen molar-refractivity contribution < 1.29 is 9.90 Å². The Hall–Kier alpha value is -1.35. The highest BCUT2D eigenvalue weighted by Gasteiger charge is 2.42. The fourth-order valence-electron chi connectivity index (χ4n) is 3.07. The fraction of sp³-hybridized carbons (Fsp3) is 0.562. The summed E-state index contributed by atoms with van der Waals surface area (Å²) in [6.45, 7) is 1.68. The number of hydrogen-bond acceptors (Lipinski definition) is 2. The molecule has 0 spiro atoms. The van der Waals surface area contributed by atoms with E-state index in [1.807, 2.05) is 0 Å². The van der Waals surface area contributed by atoms with Crippen LogP contribution < -0.4 is 5.32 Å². The molecule has 1 aromatic carbocycles. The third-order valence-electron chi connectivity index (χ3n) is 4.39. The molecule has 0 aromatic heterocycles. The average molecular weight is 259 g/mol. The van der Waals surface area contributed by atoms with E-state index in [9.17, 15) is 4.79 Å². The number of aliphatic carboxylic acids is 1. The van der Waals surface area contributed by atoms with Crippen molar-refractivity contribution in [3.63, 3.8) is 0 Å². The van der Waals surface area contributed by atoms with Crippen molar-refractivity contribution in [2.45, 2.75) is 38.6 Å². The molecule has 0 amide bonds.